The lowest BCUT2D eigenvalue weighted by Crippen LogP contribution is -2.40. The first-order chi connectivity index (χ1) is 9.67. The third kappa shape index (κ3) is 3.36. The van der Waals surface area contributed by atoms with E-state index in [-0.39, 0.29) is 18.1 Å². The largest absolute Gasteiger partial charge is 0.324 e. The van der Waals surface area contributed by atoms with Crippen molar-refractivity contribution in [3.05, 3.63) is 35.9 Å². The summed E-state index contributed by atoms with van der Waals surface area (Å²) in [7, 11) is 0. The van der Waals surface area contributed by atoms with E-state index in [0.29, 0.717) is 5.25 Å². The van der Waals surface area contributed by atoms with Crippen LogP contribution in [0.4, 0.5) is 0 Å². The molecule has 3 nitrogen and oxygen atoms in total. The van der Waals surface area contributed by atoms with Crippen molar-refractivity contribution in [2.45, 2.75) is 44.1 Å². The van der Waals surface area contributed by atoms with Crippen LogP contribution in [0.1, 0.15) is 38.3 Å². The highest BCUT2D eigenvalue weighted by atomic mass is 32.2. The highest BCUT2D eigenvalue weighted by Gasteiger charge is 2.39. The summed E-state index contributed by atoms with van der Waals surface area (Å²) in [5, 5.41) is 3.97. The van der Waals surface area contributed by atoms with Gasteiger partial charge in [-0.1, -0.05) is 50.6 Å². The fourth-order valence-corrected chi connectivity index (χ4v) is 2.95. The van der Waals surface area contributed by atoms with E-state index < -0.39 is 0 Å². The van der Waals surface area contributed by atoms with Crippen LogP contribution in [-0.2, 0) is 4.79 Å². The Hall–Kier alpha value is -1.00. The first-order valence-corrected chi connectivity index (χ1v) is 8.60. The minimum absolute atomic E-state index is 0.173. The second-order valence-corrected chi connectivity index (χ2v) is 6.63. The fourth-order valence-electron chi connectivity index (χ4n) is 2.64. The first-order valence-electron chi connectivity index (χ1n) is 7.31. The van der Waals surface area contributed by atoms with Crippen molar-refractivity contribution in [2.75, 3.05) is 12.8 Å². The average Bonchev–Trinajstić information content (AvgIpc) is 2.77. The Morgan fingerprint density at radius 1 is 1.35 bits per heavy atom. The molecule has 1 aromatic carbocycles. The number of nitrogens with one attached hydrogen (secondary N) is 1. The van der Waals surface area contributed by atoms with Gasteiger partial charge in [0.25, 0.3) is 0 Å². The Morgan fingerprint density at radius 3 is 2.65 bits per heavy atom. The molecule has 0 radical (unpaired) electrons. The Kier molecular flexibility index (Phi) is 5.49. The molecule has 1 aliphatic heterocycles. The van der Waals surface area contributed by atoms with Gasteiger partial charge in [0.05, 0.1) is 6.17 Å². The summed E-state index contributed by atoms with van der Waals surface area (Å²) in [6, 6.07) is 9.85. The van der Waals surface area contributed by atoms with Gasteiger partial charge in [0, 0.05) is 11.8 Å². The van der Waals surface area contributed by atoms with Gasteiger partial charge in [-0.25, -0.2) is 0 Å². The fraction of sp³-hybridized carbons (Fsp3) is 0.562. The minimum atomic E-state index is -0.179. The van der Waals surface area contributed by atoms with E-state index in [0.717, 1.165) is 24.9 Å². The summed E-state index contributed by atoms with van der Waals surface area (Å²) in [6.45, 7) is 5.16. The highest BCUT2D eigenvalue weighted by Crippen LogP contribution is 2.27. The van der Waals surface area contributed by atoms with Crippen molar-refractivity contribution in [2.24, 2.45) is 0 Å². The summed E-state index contributed by atoms with van der Waals surface area (Å²) in [5.41, 5.74) is 1.07. The van der Waals surface area contributed by atoms with Crippen LogP contribution in [0.3, 0.4) is 0 Å². The van der Waals surface area contributed by atoms with Gasteiger partial charge in [0.15, 0.2) is 0 Å². The molecule has 4 heteroatoms. The molecular weight excluding hydrogens is 268 g/mol. The van der Waals surface area contributed by atoms with E-state index in [4.69, 9.17) is 0 Å². The van der Waals surface area contributed by atoms with Crippen molar-refractivity contribution in [3.8, 4) is 0 Å². The normalized spacial score (nSPS) is 24.1. The molecule has 1 fully saturated rings. The molecule has 1 aromatic rings. The molecular formula is C16H24N2OS. The van der Waals surface area contributed by atoms with Gasteiger partial charge in [0.2, 0.25) is 5.91 Å². The molecule has 1 heterocycles. The number of hydrogen-bond donors (Lipinski definition) is 1. The molecule has 0 saturated carbocycles. The topological polar surface area (TPSA) is 32.3 Å². The maximum atomic E-state index is 12.7. The van der Waals surface area contributed by atoms with E-state index in [1.165, 1.54) is 0 Å². The predicted octanol–water partition coefficient (Wildman–Crippen LogP) is 3.04. The predicted molar refractivity (Wildman–Crippen MR) is 85.7 cm³/mol. The maximum absolute atomic E-state index is 12.7. The monoisotopic (exact) mass is 292 g/mol. The molecule has 3 unspecified atom stereocenters. The lowest BCUT2D eigenvalue weighted by atomic mass is 10.1. The molecule has 1 N–H and O–H groups in total. The average molecular weight is 292 g/mol. The number of nitrogens with zero attached hydrogens (tertiary/aromatic N) is 1. The third-order valence-corrected chi connectivity index (χ3v) is 4.77. The van der Waals surface area contributed by atoms with Gasteiger partial charge < -0.3 is 4.90 Å². The van der Waals surface area contributed by atoms with Gasteiger partial charge in [0.1, 0.15) is 6.04 Å². The molecule has 0 bridgehead atoms. The van der Waals surface area contributed by atoms with Crippen LogP contribution in [0.15, 0.2) is 30.3 Å². The van der Waals surface area contributed by atoms with Crippen molar-refractivity contribution in [3.63, 3.8) is 0 Å². The zero-order valence-corrected chi connectivity index (χ0v) is 13.3. The molecule has 110 valence electrons. The van der Waals surface area contributed by atoms with Crippen LogP contribution in [0.2, 0.25) is 0 Å². The van der Waals surface area contributed by atoms with Crippen LogP contribution >= 0.6 is 11.8 Å². The number of hydrogen-bond acceptors (Lipinski definition) is 3. The number of thioether (sulfide) groups is 1. The molecule has 3 atom stereocenters. The van der Waals surface area contributed by atoms with Crippen molar-refractivity contribution < 1.29 is 4.79 Å². The molecule has 2 rings (SSSR count). The van der Waals surface area contributed by atoms with Crippen molar-refractivity contribution in [1.29, 1.82) is 0 Å². The number of rotatable bonds is 6. The summed E-state index contributed by atoms with van der Waals surface area (Å²) < 4.78 is 0. The van der Waals surface area contributed by atoms with Gasteiger partial charge in [-0.15, -0.1) is 0 Å². The number of amides is 1. The first kappa shape index (κ1) is 15.4. The van der Waals surface area contributed by atoms with Crippen molar-refractivity contribution >= 4 is 17.7 Å². The standard InChI is InChI=1S/C16H24N2OS/c1-4-8-14-17-15(13-9-6-5-7-10-13)16(19)18(14)11-12(2)20-3/h5-7,9-10,12,14-15,17H,4,8,11H2,1-3H3. The van der Waals surface area contributed by atoms with Gasteiger partial charge in [-0.2, -0.15) is 11.8 Å². The molecule has 20 heavy (non-hydrogen) atoms. The second kappa shape index (κ2) is 7.14. The van der Waals surface area contributed by atoms with Gasteiger partial charge >= 0.3 is 0 Å². The lowest BCUT2D eigenvalue weighted by molar-refractivity contribution is -0.130. The third-order valence-electron chi connectivity index (χ3n) is 3.82. The Balaban J connectivity index is 2.16. The van der Waals surface area contributed by atoms with Crippen LogP contribution in [0, 0.1) is 0 Å². The van der Waals surface area contributed by atoms with Crippen LogP contribution in [-0.4, -0.2) is 35.0 Å². The van der Waals surface area contributed by atoms with E-state index in [9.17, 15) is 4.79 Å². The van der Waals surface area contributed by atoms with E-state index in [1.807, 2.05) is 47.0 Å². The lowest BCUT2D eigenvalue weighted by Gasteiger charge is -2.26. The Bertz CT molecular complexity index is 437. The van der Waals surface area contributed by atoms with Crippen molar-refractivity contribution in [1.82, 2.24) is 10.2 Å². The van der Waals surface area contributed by atoms with E-state index in [1.54, 1.807) is 0 Å². The molecule has 1 amide bonds. The number of carbonyl (C=O) groups is 1. The number of benzene rings is 1. The Morgan fingerprint density at radius 2 is 2.05 bits per heavy atom. The zero-order valence-electron chi connectivity index (χ0n) is 12.5. The van der Waals surface area contributed by atoms with Crippen LogP contribution < -0.4 is 5.32 Å². The quantitative estimate of drug-likeness (QED) is 0.874. The van der Waals surface area contributed by atoms with Gasteiger partial charge in [-0.05, 0) is 18.2 Å². The van der Waals surface area contributed by atoms with E-state index in [2.05, 4.69) is 25.4 Å². The molecule has 0 spiro atoms. The molecule has 1 aliphatic rings. The minimum Gasteiger partial charge on any atom is -0.324 e. The van der Waals surface area contributed by atoms with Crippen LogP contribution in [0.25, 0.3) is 0 Å². The van der Waals surface area contributed by atoms with Crippen LogP contribution in [0.5, 0.6) is 0 Å². The summed E-state index contributed by atoms with van der Waals surface area (Å²) in [5.74, 6) is 0.218. The summed E-state index contributed by atoms with van der Waals surface area (Å²) >= 11 is 1.81. The maximum Gasteiger partial charge on any atom is 0.245 e. The molecule has 1 saturated heterocycles. The number of carbonyl (C=O) groups excluding carboxylic acids is 1. The zero-order chi connectivity index (χ0) is 14.5. The molecule has 0 aliphatic carbocycles. The van der Waals surface area contributed by atoms with E-state index >= 15 is 0 Å². The van der Waals surface area contributed by atoms with Gasteiger partial charge in [-0.3, -0.25) is 10.1 Å². The summed E-state index contributed by atoms with van der Waals surface area (Å²) in [6.07, 6.45) is 4.36. The smallest absolute Gasteiger partial charge is 0.245 e. The second-order valence-electron chi connectivity index (χ2n) is 5.35. The SMILES string of the molecule is CCCC1NC(c2ccccc2)C(=O)N1CC(C)SC. The Labute approximate surface area is 126 Å². The molecule has 0 aromatic heterocycles. The summed E-state index contributed by atoms with van der Waals surface area (Å²) in [4.78, 5) is 14.7. The highest BCUT2D eigenvalue weighted by molar-refractivity contribution is 7.99.